The molecule has 0 saturated carbocycles. The minimum atomic E-state index is -0.379. The van der Waals surface area contributed by atoms with Crippen LogP contribution in [-0.4, -0.2) is 32.9 Å². The van der Waals surface area contributed by atoms with Crippen molar-refractivity contribution in [2.45, 2.75) is 19.9 Å². The number of benzene rings is 2. The van der Waals surface area contributed by atoms with Gasteiger partial charge in [-0.2, -0.15) is 0 Å². The molecule has 6 rings (SSSR count). The average Bonchev–Trinajstić information content (AvgIpc) is 2.93. The van der Waals surface area contributed by atoms with Crippen molar-refractivity contribution in [2.75, 3.05) is 13.1 Å². The van der Waals surface area contributed by atoms with E-state index in [1.54, 1.807) is 12.3 Å². The molecule has 3 aromatic heterocycles. The highest BCUT2D eigenvalue weighted by Gasteiger charge is 2.17. The average molecular weight is 495 g/mol. The van der Waals surface area contributed by atoms with Gasteiger partial charge in [-0.1, -0.05) is 30.7 Å². The lowest BCUT2D eigenvalue weighted by molar-refractivity contribution is 0.268. The molecule has 5 aromatic rings. The Labute approximate surface area is 214 Å². The molecule has 4 nitrogen and oxygen atoms in total. The summed E-state index contributed by atoms with van der Waals surface area (Å²) < 4.78 is 14.7. The van der Waals surface area contributed by atoms with Crippen molar-refractivity contribution in [3.05, 3.63) is 101 Å². The van der Waals surface area contributed by atoms with Gasteiger partial charge < -0.3 is 0 Å². The van der Waals surface area contributed by atoms with E-state index in [-0.39, 0.29) is 5.82 Å². The second-order valence-electron chi connectivity index (χ2n) is 9.12. The molecular formula is C30H24ClFN4. The summed E-state index contributed by atoms with van der Waals surface area (Å²) in [5.41, 5.74) is 8.16. The zero-order valence-electron chi connectivity index (χ0n) is 19.9. The number of rotatable bonds is 4. The van der Waals surface area contributed by atoms with Crippen LogP contribution in [0.1, 0.15) is 18.1 Å². The highest BCUT2D eigenvalue weighted by atomic mass is 35.5. The van der Waals surface area contributed by atoms with Crippen molar-refractivity contribution in [3.8, 4) is 33.5 Å². The van der Waals surface area contributed by atoms with Gasteiger partial charge >= 0.3 is 0 Å². The predicted octanol–water partition coefficient (Wildman–Crippen LogP) is 7.20. The smallest absolute Gasteiger partial charge is 0.160 e. The van der Waals surface area contributed by atoms with Crippen LogP contribution < -0.4 is 0 Å². The molecule has 0 bridgehead atoms. The molecule has 0 atom stereocenters. The highest BCUT2D eigenvalue weighted by molar-refractivity contribution is 6.30. The standard InChI is InChI=1S/C30H24ClFN4/c1-2-36-11-9-19-5-6-20(12-23(19)18-36)21-13-22(17-33-16-21)26-15-29(27-14-24(31)7-8-28(27)32)35-30-25(26)4-3-10-34-30/h3-8,10,12-17H,2,9,11,18H2,1H3. The van der Waals surface area contributed by atoms with E-state index in [9.17, 15) is 4.39 Å². The largest absolute Gasteiger partial charge is 0.299 e. The molecule has 0 N–H and O–H groups in total. The van der Waals surface area contributed by atoms with E-state index in [4.69, 9.17) is 11.6 Å². The van der Waals surface area contributed by atoms with E-state index in [0.29, 0.717) is 21.9 Å². The Balaban J connectivity index is 1.47. The molecule has 1 aliphatic heterocycles. The van der Waals surface area contributed by atoms with Crippen molar-refractivity contribution in [1.82, 2.24) is 19.9 Å². The van der Waals surface area contributed by atoms with E-state index in [0.717, 1.165) is 53.7 Å². The molecule has 178 valence electrons. The molecule has 0 saturated heterocycles. The van der Waals surface area contributed by atoms with Crippen LogP contribution in [0.25, 0.3) is 44.5 Å². The number of halogens is 2. The SMILES string of the molecule is CCN1CCc2ccc(-c3cncc(-c4cc(-c5cc(Cl)ccc5F)nc5ncccc45)c3)cc2C1. The molecule has 2 aromatic carbocycles. The van der Waals surface area contributed by atoms with E-state index < -0.39 is 0 Å². The van der Waals surface area contributed by atoms with Crippen molar-refractivity contribution in [3.63, 3.8) is 0 Å². The minimum Gasteiger partial charge on any atom is -0.299 e. The first-order valence-corrected chi connectivity index (χ1v) is 12.5. The number of hydrogen-bond acceptors (Lipinski definition) is 4. The number of fused-ring (bicyclic) bond motifs is 2. The van der Waals surface area contributed by atoms with E-state index in [1.165, 1.54) is 23.3 Å². The third-order valence-corrected chi connectivity index (χ3v) is 7.15. The molecule has 0 unspecified atom stereocenters. The zero-order chi connectivity index (χ0) is 24.6. The van der Waals surface area contributed by atoms with Gasteiger partial charge in [0.15, 0.2) is 5.65 Å². The van der Waals surface area contributed by atoms with Crippen LogP contribution in [0.2, 0.25) is 5.02 Å². The van der Waals surface area contributed by atoms with Gasteiger partial charge in [-0.25, -0.2) is 14.4 Å². The fourth-order valence-electron chi connectivity index (χ4n) is 4.94. The van der Waals surface area contributed by atoms with E-state index in [1.807, 2.05) is 30.6 Å². The van der Waals surface area contributed by atoms with Gasteiger partial charge in [-0.3, -0.25) is 9.88 Å². The quantitative estimate of drug-likeness (QED) is 0.265. The summed E-state index contributed by atoms with van der Waals surface area (Å²) in [6.45, 7) is 5.35. The van der Waals surface area contributed by atoms with Gasteiger partial charge in [0.1, 0.15) is 5.82 Å². The molecule has 36 heavy (non-hydrogen) atoms. The van der Waals surface area contributed by atoms with Crippen molar-refractivity contribution in [1.29, 1.82) is 0 Å². The Hall–Kier alpha value is -3.67. The van der Waals surface area contributed by atoms with E-state index >= 15 is 0 Å². The van der Waals surface area contributed by atoms with Crippen LogP contribution in [0.3, 0.4) is 0 Å². The fraction of sp³-hybridized carbons (Fsp3) is 0.167. The van der Waals surface area contributed by atoms with Gasteiger partial charge in [0.25, 0.3) is 0 Å². The number of likely N-dealkylation sites (N-methyl/N-ethyl adjacent to an activating group) is 1. The maximum absolute atomic E-state index is 14.7. The Morgan fingerprint density at radius 1 is 0.917 bits per heavy atom. The Bertz CT molecular complexity index is 1600. The third-order valence-electron chi connectivity index (χ3n) is 6.92. The van der Waals surface area contributed by atoms with Crippen LogP contribution in [0.15, 0.2) is 79.3 Å². The third kappa shape index (κ3) is 4.25. The summed E-state index contributed by atoms with van der Waals surface area (Å²) in [5, 5.41) is 1.33. The summed E-state index contributed by atoms with van der Waals surface area (Å²) in [5.74, 6) is -0.379. The van der Waals surface area contributed by atoms with Crippen molar-refractivity contribution < 1.29 is 4.39 Å². The van der Waals surface area contributed by atoms with Crippen LogP contribution >= 0.6 is 11.6 Å². The van der Waals surface area contributed by atoms with Crippen molar-refractivity contribution >= 4 is 22.6 Å². The number of aromatic nitrogens is 3. The topological polar surface area (TPSA) is 41.9 Å². The second-order valence-corrected chi connectivity index (χ2v) is 9.55. The molecule has 4 heterocycles. The second kappa shape index (κ2) is 9.41. The van der Waals surface area contributed by atoms with Gasteiger partial charge in [0.05, 0.1) is 5.69 Å². The molecule has 6 heteroatoms. The van der Waals surface area contributed by atoms with Crippen LogP contribution in [0.4, 0.5) is 4.39 Å². The predicted molar refractivity (Wildman–Crippen MR) is 143 cm³/mol. The summed E-state index contributed by atoms with van der Waals surface area (Å²) in [6.07, 6.45) is 6.50. The maximum Gasteiger partial charge on any atom is 0.160 e. The molecule has 0 amide bonds. The molecular weight excluding hydrogens is 471 g/mol. The summed E-state index contributed by atoms with van der Waals surface area (Å²) in [4.78, 5) is 16.1. The van der Waals surface area contributed by atoms with E-state index in [2.05, 4.69) is 51.0 Å². The van der Waals surface area contributed by atoms with Gasteiger partial charge in [0, 0.05) is 58.8 Å². The van der Waals surface area contributed by atoms with Crippen molar-refractivity contribution in [2.24, 2.45) is 0 Å². The fourth-order valence-corrected chi connectivity index (χ4v) is 5.11. The zero-order valence-corrected chi connectivity index (χ0v) is 20.6. The lowest BCUT2D eigenvalue weighted by atomic mass is 9.94. The first kappa shape index (κ1) is 22.8. The Morgan fingerprint density at radius 3 is 2.69 bits per heavy atom. The van der Waals surface area contributed by atoms with Crippen LogP contribution in [0.5, 0.6) is 0 Å². The lowest BCUT2D eigenvalue weighted by Gasteiger charge is -2.28. The number of hydrogen-bond donors (Lipinski definition) is 0. The normalized spacial score (nSPS) is 13.6. The maximum atomic E-state index is 14.7. The monoisotopic (exact) mass is 494 g/mol. The summed E-state index contributed by atoms with van der Waals surface area (Å²) in [6, 6.07) is 19.1. The van der Waals surface area contributed by atoms with Gasteiger partial charge in [0.2, 0.25) is 0 Å². The Morgan fingerprint density at radius 2 is 1.81 bits per heavy atom. The molecule has 0 spiro atoms. The first-order valence-electron chi connectivity index (χ1n) is 12.1. The molecule has 0 aliphatic carbocycles. The highest BCUT2D eigenvalue weighted by Crippen LogP contribution is 2.35. The minimum absolute atomic E-state index is 0.343. The summed E-state index contributed by atoms with van der Waals surface area (Å²) in [7, 11) is 0. The Kier molecular flexibility index (Phi) is 5.96. The number of nitrogens with zero attached hydrogens (tertiary/aromatic N) is 4. The van der Waals surface area contributed by atoms with Crippen LogP contribution in [-0.2, 0) is 13.0 Å². The number of pyridine rings is 3. The molecule has 0 fully saturated rings. The summed E-state index contributed by atoms with van der Waals surface area (Å²) >= 11 is 6.18. The molecule has 1 aliphatic rings. The van der Waals surface area contributed by atoms with Gasteiger partial charge in [-0.05, 0) is 83.8 Å². The first-order chi connectivity index (χ1) is 17.6. The lowest BCUT2D eigenvalue weighted by Crippen LogP contribution is -2.30. The van der Waals surface area contributed by atoms with Crippen LogP contribution in [0, 0.1) is 5.82 Å². The van der Waals surface area contributed by atoms with Gasteiger partial charge in [-0.15, -0.1) is 0 Å². The molecule has 0 radical (unpaired) electrons.